The number of likely N-dealkylation sites (N-methyl/N-ethyl adjacent to an activating group) is 1. The Kier molecular flexibility index (Phi) is 4.40. The van der Waals surface area contributed by atoms with Gasteiger partial charge in [0.2, 0.25) is 0 Å². The predicted molar refractivity (Wildman–Crippen MR) is 88.0 cm³/mol. The number of carbonyl (C=O) groups excluding carboxylic acids is 2. The lowest BCUT2D eigenvalue weighted by molar-refractivity contribution is -0.127. The lowest BCUT2D eigenvalue weighted by atomic mass is 10.1. The molecule has 0 unspecified atom stereocenters. The Morgan fingerprint density at radius 1 is 1.29 bits per heavy atom. The maximum Gasteiger partial charge on any atom is 0.262 e. The molecule has 0 bridgehead atoms. The van der Waals surface area contributed by atoms with Crippen molar-refractivity contribution in [3.8, 4) is 5.75 Å². The number of benzene rings is 2. The van der Waals surface area contributed by atoms with Gasteiger partial charge in [0.25, 0.3) is 11.8 Å². The van der Waals surface area contributed by atoms with Gasteiger partial charge in [0.15, 0.2) is 6.10 Å². The van der Waals surface area contributed by atoms with E-state index in [-0.39, 0.29) is 23.0 Å². The number of hydrogen-bond acceptors (Lipinski definition) is 3. The monoisotopic (exact) mass is 348 g/mol. The molecule has 0 radical (unpaired) electrons. The minimum absolute atomic E-state index is 0.0163. The molecule has 0 saturated carbocycles. The first-order valence-corrected chi connectivity index (χ1v) is 7.63. The van der Waals surface area contributed by atoms with Crippen molar-refractivity contribution in [1.29, 1.82) is 0 Å². The summed E-state index contributed by atoms with van der Waals surface area (Å²) >= 11 is 5.73. The number of fused-ring (bicyclic) bond motifs is 1. The number of ether oxygens (including phenoxy) is 1. The Morgan fingerprint density at radius 2 is 2.04 bits per heavy atom. The van der Waals surface area contributed by atoms with Crippen LogP contribution in [0.4, 0.5) is 10.1 Å². The van der Waals surface area contributed by atoms with Crippen molar-refractivity contribution in [1.82, 2.24) is 5.32 Å². The standard InChI is InChI=1S/C17H14ClFN2O3/c1-20-16(22)15-9-21(13-4-2-3-5-14(13)24-15)17(23)11-7-6-10(18)8-12(11)19/h2-8,15H,9H2,1H3,(H,20,22)/t15-/m0/s1. The molecule has 0 spiro atoms. The van der Waals surface area contributed by atoms with Crippen molar-refractivity contribution in [2.24, 2.45) is 0 Å². The van der Waals surface area contributed by atoms with E-state index in [4.69, 9.17) is 16.3 Å². The highest BCUT2D eigenvalue weighted by Gasteiger charge is 2.34. The van der Waals surface area contributed by atoms with Crippen molar-refractivity contribution in [2.75, 3.05) is 18.5 Å². The predicted octanol–water partition coefficient (Wildman–Crippen LogP) is 2.63. The number of para-hydroxylation sites is 2. The van der Waals surface area contributed by atoms with Crippen LogP contribution in [0.25, 0.3) is 0 Å². The summed E-state index contributed by atoms with van der Waals surface area (Å²) in [4.78, 5) is 26.1. The van der Waals surface area contributed by atoms with E-state index >= 15 is 0 Å². The molecule has 7 heteroatoms. The second-order valence-corrected chi connectivity index (χ2v) is 5.66. The average molecular weight is 349 g/mol. The summed E-state index contributed by atoms with van der Waals surface area (Å²) < 4.78 is 19.7. The molecular formula is C17H14ClFN2O3. The molecule has 0 saturated heterocycles. The van der Waals surface area contributed by atoms with Gasteiger partial charge in [0, 0.05) is 12.1 Å². The molecule has 1 aliphatic rings. The van der Waals surface area contributed by atoms with Gasteiger partial charge < -0.3 is 15.0 Å². The number of amides is 2. The van der Waals surface area contributed by atoms with Crippen molar-refractivity contribution in [3.63, 3.8) is 0 Å². The zero-order chi connectivity index (χ0) is 17.3. The first kappa shape index (κ1) is 16.3. The summed E-state index contributed by atoms with van der Waals surface area (Å²) in [7, 11) is 1.48. The van der Waals surface area contributed by atoms with Crippen molar-refractivity contribution < 1.29 is 18.7 Å². The number of hydrogen-bond donors (Lipinski definition) is 1. The van der Waals surface area contributed by atoms with Gasteiger partial charge in [-0.3, -0.25) is 9.59 Å². The van der Waals surface area contributed by atoms with Crippen LogP contribution in [0.1, 0.15) is 10.4 Å². The number of halogens is 2. The molecule has 1 N–H and O–H groups in total. The minimum Gasteiger partial charge on any atom is -0.477 e. The summed E-state index contributed by atoms with van der Waals surface area (Å²) in [5, 5.41) is 2.69. The molecule has 2 aromatic carbocycles. The molecular weight excluding hydrogens is 335 g/mol. The molecule has 2 amide bonds. The number of carbonyl (C=O) groups is 2. The van der Waals surface area contributed by atoms with E-state index in [9.17, 15) is 14.0 Å². The van der Waals surface area contributed by atoms with Crippen LogP contribution in [0.3, 0.4) is 0 Å². The summed E-state index contributed by atoms with van der Waals surface area (Å²) in [6.45, 7) is -0.0163. The van der Waals surface area contributed by atoms with Gasteiger partial charge >= 0.3 is 0 Å². The summed E-state index contributed by atoms with van der Waals surface area (Å²) in [6.07, 6.45) is -0.871. The van der Waals surface area contributed by atoms with Crippen LogP contribution in [0.5, 0.6) is 5.75 Å². The third-order valence-corrected chi connectivity index (χ3v) is 3.95. The third-order valence-electron chi connectivity index (χ3n) is 3.72. The molecule has 1 atom stereocenters. The van der Waals surface area contributed by atoms with Crippen LogP contribution in [-0.2, 0) is 4.79 Å². The van der Waals surface area contributed by atoms with Crippen molar-refractivity contribution in [3.05, 3.63) is 58.9 Å². The normalized spacial score (nSPS) is 16.1. The fourth-order valence-electron chi connectivity index (χ4n) is 2.53. The van der Waals surface area contributed by atoms with Gasteiger partial charge in [-0.25, -0.2) is 4.39 Å². The van der Waals surface area contributed by atoms with Gasteiger partial charge in [-0.15, -0.1) is 0 Å². The Labute approximate surface area is 143 Å². The zero-order valence-electron chi connectivity index (χ0n) is 12.8. The van der Waals surface area contributed by atoms with E-state index in [1.165, 1.54) is 24.1 Å². The second kappa shape index (κ2) is 6.49. The Bertz CT molecular complexity index is 812. The number of nitrogens with one attached hydrogen (secondary N) is 1. The summed E-state index contributed by atoms with van der Waals surface area (Å²) in [5.74, 6) is -1.25. The van der Waals surface area contributed by atoms with Crippen LogP contribution in [-0.4, -0.2) is 31.5 Å². The zero-order valence-corrected chi connectivity index (χ0v) is 13.5. The van der Waals surface area contributed by atoms with Crippen LogP contribution in [0, 0.1) is 5.82 Å². The molecule has 0 aromatic heterocycles. The first-order chi connectivity index (χ1) is 11.5. The highest BCUT2D eigenvalue weighted by Crippen LogP contribution is 2.34. The van der Waals surface area contributed by atoms with E-state index < -0.39 is 17.8 Å². The largest absolute Gasteiger partial charge is 0.477 e. The molecule has 2 aromatic rings. The van der Waals surface area contributed by atoms with E-state index in [1.807, 2.05) is 0 Å². The fraction of sp³-hybridized carbons (Fsp3) is 0.176. The van der Waals surface area contributed by atoms with Crippen LogP contribution < -0.4 is 15.0 Å². The smallest absolute Gasteiger partial charge is 0.262 e. The number of anilines is 1. The highest BCUT2D eigenvalue weighted by molar-refractivity contribution is 6.30. The Morgan fingerprint density at radius 3 is 2.75 bits per heavy atom. The second-order valence-electron chi connectivity index (χ2n) is 5.23. The topological polar surface area (TPSA) is 58.6 Å². The number of nitrogens with zero attached hydrogens (tertiary/aromatic N) is 1. The Hall–Kier alpha value is -2.60. The van der Waals surface area contributed by atoms with Crippen molar-refractivity contribution in [2.45, 2.75) is 6.10 Å². The third kappa shape index (κ3) is 2.92. The van der Waals surface area contributed by atoms with Gasteiger partial charge in [-0.05, 0) is 30.3 Å². The summed E-state index contributed by atoms with van der Waals surface area (Å²) in [6, 6.07) is 10.7. The maximum absolute atomic E-state index is 14.1. The van der Waals surface area contributed by atoms with E-state index in [2.05, 4.69) is 5.32 Å². The lowest BCUT2D eigenvalue weighted by Crippen LogP contribution is -2.50. The van der Waals surface area contributed by atoms with Gasteiger partial charge in [0.1, 0.15) is 11.6 Å². The van der Waals surface area contributed by atoms with Crippen LogP contribution in [0.15, 0.2) is 42.5 Å². The molecule has 24 heavy (non-hydrogen) atoms. The van der Waals surface area contributed by atoms with Gasteiger partial charge in [-0.1, -0.05) is 23.7 Å². The average Bonchev–Trinajstić information content (AvgIpc) is 2.59. The number of rotatable bonds is 2. The molecule has 1 aliphatic heterocycles. The SMILES string of the molecule is CNC(=O)[C@@H]1CN(C(=O)c2ccc(Cl)cc2F)c2ccccc2O1. The molecule has 0 aliphatic carbocycles. The first-order valence-electron chi connectivity index (χ1n) is 7.25. The van der Waals surface area contributed by atoms with Gasteiger partial charge in [-0.2, -0.15) is 0 Å². The Balaban J connectivity index is 2.01. The van der Waals surface area contributed by atoms with E-state index in [0.29, 0.717) is 11.4 Å². The minimum atomic E-state index is -0.871. The quantitative estimate of drug-likeness (QED) is 0.907. The highest BCUT2D eigenvalue weighted by atomic mass is 35.5. The maximum atomic E-state index is 14.1. The summed E-state index contributed by atoms with van der Waals surface area (Å²) in [5.41, 5.74) is 0.365. The molecule has 3 rings (SSSR count). The molecule has 1 heterocycles. The van der Waals surface area contributed by atoms with Crippen molar-refractivity contribution >= 4 is 29.1 Å². The lowest BCUT2D eigenvalue weighted by Gasteiger charge is -2.34. The van der Waals surface area contributed by atoms with E-state index in [1.54, 1.807) is 24.3 Å². The molecule has 0 fully saturated rings. The van der Waals surface area contributed by atoms with Crippen LogP contribution in [0.2, 0.25) is 5.02 Å². The van der Waals surface area contributed by atoms with E-state index in [0.717, 1.165) is 6.07 Å². The molecule has 5 nitrogen and oxygen atoms in total. The van der Waals surface area contributed by atoms with Crippen LogP contribution >= 0.6 is 11.6 Å². The molecule has 124 valence electrons. The fourth-order valence-corrected chi connectivity index (χ4v) is 2.69. The van der Waals surface area contributed by atoms with Gasteiger partial charge in [0.05, 0.1) is 17.8 Å².